The van der Waals surface area contributed by atoms with Gasteiger partial charge in [0, 0.05) is 0 Å². The first-order valence-electron chi connectivity index (χ1n) is 3.79. The topological polar surface area (TPSA) is 20.2 Å². The van der Waals surface area contributed by atoms with Crippen molar-refractivity contribution in [1.29, 1.82) is 0 Å². The van der Waals surface area contributed by atoms with E-state index in [9.17, 15) is 13.2 Å². The Hall–Kier alpha value is -1.03. The average molecular weight is 190 g/mol. The molecule has 1 aromatic rings. The molecule has 1 atom stereocenters. The molecule has 1 unspecified atom stereocenters. The molecule has 0 bridgehead atoms. The van der Waals surface area contributed by atoms with Crippen LogP contribution in [0.15, 0.2) is 24.3 Å². The normalized spacial score (nSPS) is 13.3. The predicted octanol–water partition coefficient (Wildman–Crippen LogP) is 2.17. The van der Waals surface area contributed by atoms with Gasteiger partial charge in [0.05, 0.1) is 12.5 Å². The lowest BCUT2D eigenvalue weighted by atomic mass is 10.0. The van der Waals surface area contributed by atoms with Crippen molar-refractivity contribution in [3.8, 4) is 0 Å². The lowest BCUT2D eigenvalue weighted by Crippen LogP contribution is -2.13. The fourth-order valence-electron chi connectivity index (χ4n) is 1.07. The van der Waals surface area contributed by atoms with Gasteiger partial charge in [0.15, 0.2) is 0 Å². The molecule has 0 saturated carbocycles. The Bertz CT molecular complexity index is 275. The molecule has 0 saturated heterocycles. The van der Waals surface area contributed by atoms with Gasteiger partial charge < -0.3 is 5.11 Å². The second-order valence-corrected chi connectivity index (χ2v) is 2.68. The molecule has 1 nitrogen and oxygen atoms in total. The summed E-state index contributed by atoms with van der Waals surface area (Å²) in [6, 6.07) is 4.89. The van der Waals surface area contributed by atoms with E-state index in [1.54, 1.807) is 0 Å². The number of hydrogen-bond donors (Lipinski definition) is 1. The smallest absolute Gasteiger partial charge is 0.247 e. The molecule has 1 aromatic carbocycles. The SMILES string of the molecule is OCC(c1cccc(F)c1)C(F)F. The van der Waals surface area contributed by atoms with Gasteiger partial charge in [-0.2, -0.15) is 0 Å². The first kappa shape index (κ1) is 10.1. The number of rotatable bonds is 3. The van der Waals surface area contributed by atoms with E-state index in [-0.39, 0.29) is 5.56 Å². The number of benzene rings is 1. The zero-order chi connectivity index (χ0) is 9.84. The van der Waals surface area contributed by atoms with Crippen LogP contribution in [0.3, 0.4) is 0 Å². The van der Waals surface area contributed by atoms with Crippen LogP contribution in [0.4, 0.5) is 13.2 Å². The number of aliphatic hydroxyl groups excluding tert-OH is 1. The molecule has 1 rings (SSSR count). The van der Waals surface area contributed by atoms with Gasteiger partial charge in [0.2, 0.25) is 6.43 Å². The zero-order valence-corrected chi connectivity index (χ0v) is 6.75. The van der Waals surface area contributed by atoms with Crippen LogP contribution in [0.5, 0.6) is 0 Å². The number of aliphatic hydroxyl groups is 1. The Labute approximate surface area is 73.8 Å². The number of halogens is 3. The van der Waals surface area contributed by atoms with E-state index in [0.717, 1.165) is 6.07 Å². The molecule has 13 heavy (non-hydrogen) atoms. The molecule has 0 heterocycles. The molecule has 0 radical (unpaired) electrons. The summed E-state index contributed by atoms with van der Waals surface area (Å²) in [5, 5.41) is 8.64. The minimum atomic E-state index is -2.67. The third-order valence-corrected chi connectivity index (χ3v) is 1.78. The molecule has 0 aliphatic carbocycles. The van der Waals surface area contributed by atoms with E-state index in [0.29, 0.717) is 0 Å². The highest BCUT2D eigenvalue weighted by Gasteiger charge is 2.21. The lowest BCUT2D eigenvalue weighted by Gasteiger charge is -2.12. The van der Waals surface area contributed by atoms with Gasteiger partial charge in [0.1, 0.15) is 5.82 Å². The average Bonchev–Trinajstić information content (AvgIpc) is 2.04. The van der Waals surface area contributed by atoms with E-state index in [1.807, 2.05) is 0 Å². The minimum absolute atomic E-state index is 0.123. The molecule has 1 N–H and O–H groups in total. The van der Waals surface area contributed by atoms with Crippen LogP contribution in [0, 0.1) is 5.82 Å². The van der Waals surface area contributed by atoms with Crippen molar-refractivity contribution < 1.29 is 18.3 Å². The van der Waals surface area contributed by atoms with E-state index < -0.39 is 24.8 Å². The van der Waals surface area contributed by atoms with E-state index in [4.69, 9.17) is 5.11 Å². The summed E-state index contributed by atoms with van der Waals surface area (Å²) in [4.78, 5) is 0. The van der Waals surface area contributed by atoms with Crippen LogP contribution in [-0.2, 0) is 0 Å². The summed E-state index contributed by atoms with van der Waals surface area (Å²) in [6.07, 6.45) is -2.67. The summed E-state index contributed by atoms with van der Waals surface area (Å²) in [5.74, 6) is -1.87. The molecule has 4 heteroatoms. The summed E-state index contributed by atoms with van der Waals surface area (Å²) < 4.78 is 37.1. The Morgan fingerprint density at radius 1 is 1.31 bits per heavy atom. The van der Waals surface area contributed by atoms with E-state index in [2.05, 4.69) is 0 Å². The fourth-order valence-corrected chi connectivity index (χ4v) is 1.07. The summed E-state index contributed by atoms with van der Waals surface area (Å²) >= 11 is 0. The first-order valence-corrected chi connectivity index (χ1v) is 3.79. The Morgan fingerprint density at radius 3 is 2.46 bits per heavy atom. The summed E-state index contributed by atoms with van der Waals surface area (Å²) in [6.45, 7) is -0.679. The van der Waals surface area contributed by atoms with Crippen molar-refractivity contribution >= 4 is 0 Å². The molecule has 0 aliphatic heterocycles. The van der Waals surface area contributed by atoms with Gasteiger partial charge in [-0.1, -0.05) is 12.1 Å². The van der Waals surface area contributed by atoms with Crippen molar-refractivity contribution in [3.63, 3.8) is 0 Å². The van der Waals surface area contributed by atoms with Crippen molar-refractivity contribution in [1.82, 2.24) is 0 Å². The second kappa shape index (κ2) is 4.28. The predicted molar refractivity (Wildman–Crippen MR) is 42.2 cm³/mol. The monoisotopic (exact) mass is 190 g/mol. The quantitative estimate of drug-likeness (QED) is 0.774. The van der Waals surface area contributed by atoms with Gasteiger partial charge >= 0.3 is 0 Å². The van der Waals surface area contributed by atoms with E-state index in [1.165, 1.54) is 18.2 Å². The van der Waals surface area contributed by atoms with Crippen molar-refractivity contribution in [2.24, 2.45) is 0 Å². The Morgan fingerprint density at radius 2 is 2.00 bits per heavy atom. The fraction of sp³-hybridized carbons (Fsp3) is 0.333. The standard InChI is InChI=1S/C9H9F3O/c10-7-3-1-2-6(4-7)8(5-13)9(11)12/h1-4,8-9,13H,5H2. The second-order valence-electron chi connectivity index (χ2n) is 2.68. The lowest BCUT2D eigenvalue weighted by molar-refractivity contribution is 0.0810. The molecule has 0 fully saturated rings. The largest absolute Gasteiger partial charge is 0.396 e. The molecule has 0 aromatic heterocycles. The third kappa shape index (κ3) is 2.45. The van der Waals surface area contributed by atoms with Gasteiger partial charge in [-0.25, -0.2) is 13.2 Å². The third-order valence-electron chi connectivity index (χ3n) is 1.78. The van der Waals surface area contributed by atoms with Gasteiger partial charge in [-0.3, -0.25) is 0 Å². The first-order chi connectivity index (χ1) is 6.15. The molecule has 0 amide bonds. The van der Waals surface area contributed by atoms with Crippen molar-refractivity contribution in [2.75, 3.05) is 6.61 Å². The Kier molecular flexibility index (Phi) is 3.31. The van der Waals surface area contributed by atoms with Gasteiger partial charge in [-0.15, -0.1) is 0 Å². The van der Waals surface area contributed by atoms with Crippen LogP contribution in [0.1, 0.15) is 11.5 Å². The molecule has 0 aliphatic rings. The summed E-state index contributed by atoms with van der Waals surface area (Å²) in [5.41, 5.74) is 0.123. The van der Waals surface area contributed by atoms with Crippen LogP contribution in [-0.4, -0.2) is 18.1 Å². The number of alkyl halides is 2. The highest BCUT2D eigenvalue weighted by Crippen LogP contribution is 2.22. The van der Waals surface area contributed by atoms with Gasteiger partial charge in [-0.05, 0) is 17.7 Å². The van der Waals surface area contributed by atoms with Crippen LogP contribution in [0.25, 0.3) is 0 Å². The number of hydrogen-bond acceptors (Lipinski definition) is 1. The molecular weight excluding hydrogens is 181 g/mol. The Balaban J connectivity index is 2.91. The van der Waals surface area contributed by atoms with Crippen LogP contribution >= 0.6 is 0 Å². The minimum Gasteiger partial charge on any atom is -0.396 e. The van der Waals surface area contributed by atoms with Crippen molar-refractivity contribution in [3.05, 3.63) is 35.6 Å². The zero-order valence-electron chi connectivity index (χ0n) is 6.75. The molecular formula is C9H9F3O. The highest BCUT2D eigenvalue weighted by molar-refractivity contribution is 5.21. The maximum Gasteiger partial charge on any atom is 0.247 e. The maximum absolute atomic E-state index is 12.6. The molecule has 72 valence electrons. The highest BCUT2D eigenvalue weighted by atomic mass is 19.3. The van der Waals surface area contributed by atoms with Crippen LogP contribution in [0.2, 0.25) is 0 Å². The van der Waals surface area contributed by atoms with Crippen LogP contribution < -0.4 is 0 Å². The van der Waals surface area contributed by atoms with Crippen molar-refractivity contribution in [2.45, 2.75) is 12.3 Å². The van der Waals surface area contributed by atoms with Gasteiger partial charge in [0.25, 0.3) is 0 Å². The summed E-state index contributed by atoms with van der Waals surface area (Å²) in [7, 11) is 0. The molecule has 0 spiro atoms. The maximum atomic E-state index is 12.6. The van der Waals surface area contributed by atoms with E-state index >= 15 is 0 Å².